The van der Waals surface area contributed by atoms with Crippen LogP contribution in [0, 0.1) is 5.82 Å². The van der Waals surface area contributed by atoms with Crippen molar-refractivity contribution in [2.45, 2.75) is 12.6 Å². The number of benzene rings is 2. The Morgan fingerprint density at radius 2 is 2.04 bits per heavy atom. The van der Waals surface area contributed by atoms with Crippen LogP contribution in [0.4, 0.5) is 10.1 Å². The van der Waals surface area contributed by atoms with Crippen molar-refractivity contribution < 1.29 is 18.7 Å². The lowest BCUT2D eigenvalue weighted by Gasteiger charge is -2.22. The summed E-state index contributed by atoms with van der Waals surface area (Å²) in [7, 11) is 0. The molecule has 2 aromatic rings. The molecule has 1 heterocycles. The number of carbonyl (C=O) groups is 2. The van der Waals surface area contributed by atoms with Crippen molar-refractivity contribution >= 4 is 17.5 Å². The van der Waals surface area contributed by atoms with Crippen LogP contribution in [0.15, 0.2) is 48.5 Å². The van der Waals surface area contributed by atoms with E-state index < -0.39 is 11.7 Å². The van der Waals surface area contributed by atoms with E-state index in [4.69, 9.17) is 4.74 Å². The van der Waals surface area contributed by atoms with Gasteiger partial charge in [-0.05, 0) is 35.9 Å². The maximum Gasteiger partial charge on any atom is 0.255 e. The van der Waals surface area contributed by atoms with Gasteiger partial charge in [0.2, 0.25) is 5.91 Å². The number of anilines is 1. The highest BCUT2D eigenvalue weighted by Crippen LogP contribution is 2.13. The Morgan fingerprint density at radius 1 is 1.19 bits per heavy atom. The van der Waals surface area contributed by atoms with E-state index in [0.29, 0.717) is 32.0 Å². The minimum atomic E-state index is -0.464. The predicted octanol–water partition coefficient (Wildman–Crippen LogP) is 1.68. The average Bonchev–Trinajstić information content (AvgIpc) is 2.67. The lowest BCUT2D eigenvalue weighted by Crippen LogP contribution is -2.51. The van der Waals surface area contributed by atoms with Crippen LogP contribution in [0.2, 0.25) is 0 Å². The summed E-state index contributed by atoms with van der Waals surface area (Å²) in [6.45, 7) is 1.95. The van der Waals surface area contributed by atoms with Gasteiger partial charge in [0.25, 0.3) is 5.91 Å². The fourth-order valence-electron chi connectivity index (χ4n) is 2.64. The van der Waals surface area contributed by atoms with Crippen molar-refractivity contribution in [2.75, 3.05) is 25.1 Å². The third-order valence-corrected chi connectivity index (χ3v) is 3.98. The average molecular weight is 357 g/mol. The molecule has 0 aliphatic carbocycles. The number of morpholine rings is 1. The maximum atomic E-state index is 13.2. The summed E-state index contributed by atoms with van der Waals surface area (Å²) >= 11 is 0. The van der Waals surface area contributed by atoms with E-state index in [1.54, 1.807) is 24.3 Å². The third kappa shape index (κ3) is 4.87. The van der Waals surface area contributed by atoms with E-state index in [0.717, 1.165) is 5.56 Å². The molecule has 1 aliphatic heterocycles. The second kappa shape index (κ2) is 8.55. The number of carbonyl (C=O) groups excluding carboxylic acids is 2. The van der Waals surface area contributed by atoms with Crippen LogP contribution in [-0.4, -0.2) is 37.6 Å². The molecule has 1 fully saturated rings. The zero-order chi connectivity index (χ0) is 18.4. The number of rotatable bonds is 5. The third-order valence-electron chi connectivity index (χ3n) is 3.98. The van der Waals surface area contributed by atoms with Gasteiger partial charge in [0.1, 0.15) is 11.9 Å². The van der Waals surface area contributed by atoms with Crippen molar-refractivity contribution in [1.29, 1.82) is 0 Å². The topological polar surface area (TPSA) is 79.5 Å². The van der Waals surface area contributed by atoms with Gasteiger partial charge in [-0.25, -0.2) is 4.39 Å². The molecule has 136 valence electrons. The molecule has 1 aliphatic rings. The quantitative estimate of drug-likeness (QED) is 0.761. The molecule has 0 aromatic heterocycles. The summed E-state index contributed by atoms with van der Waals surface area (Å²) in [5.74, 6) is -0.984. The summed E-state index contributed by atoms with van der Waals surface area (Å²) in [5.41, 5.74) is 1.66. The summed E-state index contributed by atoms with van der Waals surface area (Å²) in [5, 5.41) is 8.66. The van der Waals surface area contributed by atoms with Gasteiger partial charge in [-0.3, -0.25) is 9.59 Å². The summed E-state index contributed by atoms with van der Waals surface area (Å²) in [6, 6.07) is 12.3. The highest BCUT2D eigenvalue weighted by molar-refractivity contribution is 6.04. The van der Waals surface area contributed by atoms with Crippen molar-refractivity contribution in [3.05, 3.63) is 65.5 Å². The normalized spacial score (nSPS) is 16.7. The minimum Gasteiger partial charge on any atom is -0.378 e. The van der Waals surface area contributed by atoms with Gasteiger partial charge in [0.15, 0.2) is 0 Å². The van der Waals surface area contributed by atoms with Gasteiger partial charge >= 0.3 is 0 Å². The summed E-state index contributed by atoms with van der Waals surface area (Å²) in [6.07, 6.45) is 0. The number of ether oxygens (including phenoxy) is 1. The number of hydrogen-bond donors (Lipinski definition) is 3. The van der Waals surface area contributed by atoms with E-state index in [1.807, 2.05) is 6.07 Å². The first kappa shape index (κ1) is 18.0. The van der Waals surface area contributed by atoms with Crippen LogP contribution >= 0.6 is 0 Å². The predicted molar refractivity (Wildman–Crippen MR) is 95.3 cm³/mol. The largest absolute Gasteiger partial charge is 0.378 e. The van der Waals surface area contributed by atoms with Crippen molar-refractivity contribution in [1.82, 2.24) is 10.6 Å². The van der Waals surface area contributed by atoms with Crippen molar-refractivity contribution in [2.24, 2.45) is 0 Å². The van der Waals surface area contributed by atoms with Crippen LogP contribution < -0.4 is 16.0 Å². The Bertz CT molecular complexity index is 791. The molecule has 0 spiro atoms. The molecule has 1 saturated heterocycles. The summed E-state index contributed by atoms with van der Waals surface area (Å²) in [4.78, 5) is 24.3. The molecule has 1 atom stereocenters. The Labute approximate surface area is 150 Å². The van der Waals surface area contributed by atoms with Crippen LogP contribution in [0.1, 0.15) is 15.9 Å². The minimum absolute atomic E-state index is 0.126. The highest BCUT2D eigenvalue weighted by atomic mass is 19.1. The monoisotopic (exact) mass is 357 g/mol. The first-order valence-corrected chi connectivity index (χ1v) is 8.36. The summed E-state index contributed by atoms with van der Waals surface area (Å²) < 4.78 is 18.5. The number of hydrogen-bond acceptors (Lipinski definition) is 4. The van der Waals surface area contributed by atoms with Gasteiger partial charge in [0.05, 0.1) is 13.2 Å². The molecule has 26 heavy (non-hydrogen) atoms. The second-order valence-corrected chi connectivity index (χ2v) is 5.96. The van der Waals surface area contributed by atoms with E-state index >= 15 is 0 Å². The van der Waals surface area contributed by atoms with Crippen LogP contribution in [0.25, 0.3) is 0 Å². The molecule has 2 amide bonds. The molecule has 3 N–H and O–H groups in total. The Balaban J connectivity index is 1.57. The molecule has 3 rings (SSSR count). The zero-order valence-electron chi connectivity index (χ0n) is 14.1. The smallest absolute Gasteiger partial charge is 0.255 e. The van der Waals surface area contributed by atoms with Gasteiger partial charge in [-0.2, -0.15) is 0 Å². The lowest BCUT2D eigenvalue weighted by atomic mass is 10.1. The van der Waals surface area contributed by atoms with Crippen LogP contribution in [0.5, 0.6) is 0 Å². The van der Waals surface area contributed by atoms with Gasteiger partial charge in [0, 0.05) is 24.3 Å². The van der Waals surface area contributed by atoms with Gasteiger partial charge in [-0.15, -0.1) is 0 Å². The first-order valence-electron chi connectivity index (χ1n) is 8.36. The van der Waals surface area contributed by atoms with E-state index in [1.165, 1.54) is 18.2 Å². The fraction of sp³-hybridized carbons (Fsp3) is 0.263. The van der Waals surface area contributed by atoms with Gasteiger partial charge in [-0.1, -0.05) is 18.2 Å². The molecule has 6 nitrogen and oxygen atoms in total. The zero-order valence-corrected chi connectivity index (χ0v) is 14.1. The maximum absolute atomic E-state index is 13.2. The molecule has 1 unspecified atom stereocenters. The Kier molecular flexibility index (Phi) is 5.93. The Morgan fingerprint density at radius 3 is 2.81 bits per heavy atom. The Hall–Kier alpha value is -2.77. The number of nitrogens with one attached hydrogen (secondary N) is 3. The SMILES string of the molecule is O=C(Nc1cccc(CNC(=O)C2COCCN2)c1)c1cccc(F)c1. The first-order chi connectivity index (χ1) is 12.6. The molecular weight excluding hydrogens is 337 g/mol. The van der Waals surface area contributed by atoms with E-state index in [-0.39, 0.29) is 17.5 Å². The molecule has 7 heteroatoms. The second-order valence-electron chi connectivity index (χ2n) is 5.96. The lowest BCUT2D eigenvalue weighted by molar-refractivity contribution is -0.126. The van der Waals surface area contributed by atoms with Crippen molar-refractivity contribution in [3.8, 4) is 0 Å². The van der Waals surface area contributed by atoms with Crippen LogP contribution in [-0.2, 0) is 16.1 Å². The molecule has 0 radical (unpaired) electrons. The molecule has 0 saturated carbocycles. The highest BCUT2D eigenvalue weighted by Gasteiger charge is 2.20. The standard InChI is InChI=1S/C19H20FN3O3/c20-15-5-2-4-14(10-15)18(24)23-16-6-1-3-13(9-16)11-22-19(25)17-12-26-8-7-21-17/h1-6,9-10,17,21H,7-8,11-12H2,(H,22,25)(H,23,24). The molecular formula is C19H20FN3O3. The fourth-order valence-corrected chi connectivity index (χ4v) is 2.64. The van der Waals surface area contributed by atoms with E-state index in [2.05, 4.69) is 16.0 Å². The number of halogens is 1. The van der Waals surface area contributed by atoms with Crippen molar-refractivity contribution in [3.63, 3.8) is 0 Å². The molecule has 2 aromatic carbocycles. The number of amides is 2. The van der Waals surface area contributed by atoms with Gasteiger partial charge < -0.3 is 20.7 Å². The van der Waals surface area contributed by atoms with Crippen LogP contribution in [0.3, 0.4) is 0 Å². The molecule has 0 bridgehead atoms. The van der Waals surface area contributed by atoms with E-state index in [9.17, 15) is 14.0 Å².